The number of methoxy groups -OCH3 is 1. The van der Waals surface area contributed by atoms with Crippen molar-refractivity contribution in [3.8, 4) is 11.8 Å². The van der Waals surface area contributed by atoms with Crippen LogP contribution in [0.15, 0.2) is 24.3 Å². The summed E-state index contributed by atoms with van der Waals surface area (Å²) in [6.45, 7) is 0.612. The average Bonchev–Trinajstić information content (AvgIpc) is 3.02. The van der Waals surface area contributed by atoms with E-state index in [1.165, 1.54) is 16.2 Å². The maximum atomic E-state index is 12.3. The van der Waals surface area contributed by atoms with E-state index in [0.29, 0.717) is 30.0 Å². The molecule has 1 aliphatic rings. The van der Waals surface area contributed by atoms with Crippen LogP contribution in [0, 0.1) is 11.3 Å². The van der Waals surface area contributed by atoms with Crippen LogP contribution in [0.2, 0.25) is 0 Å². The quantitative estimate of drug-likeness (QED) is 0.822. The van der Waals surface area contributed by atoms with Crippen LogP contribution in [0.25, 0.3) is 0 Å². The summed E-state index contributed by atoms with van der Waals surface area (Å²) in [5.41, 5.74) is 2.30. The minimum absolute atomic E-state index is 0.178. The molecule has 0 saturated carbocycles. The fraction of sp³-hybridized carbons (Fsp3) is 0.316. The van der Waals surface area contributed by atoms with E-state index in [1.807, 2.05) is 24.3 Å². The number of nitrogens with one attached hydrogen (secondary N) is 1. The van der Waals surface area contributed by atoms with Gasteiger partial charge in [0.15, 0.2) is 0 Å². The highest BCUT2D eigenvalue weighted by Crippen LogP contribution is 2.36. The first-order chi connectivity index (χ1) is 13.0. The zero-order valence-corrected chi connectivity index (χ0v) is 15.6. The number of nitriles is 1. The van der Waals surface area contributed by atoms with Crippen LogP contribution in [0.1, 0.15) is 28.0 Å². The minimum Gasteiger partial charge on any atom is -0.497 e. The number of carboxylic acid groups (broad SMARTS) is 1. The number of hydrogen-bond acceptors (Lipinski definition) is 5. The van der Waals surface area contributed by atoms with Crippen molar-refractivity contribution < 1.29 is 19.4 Å². The number of benzene rings is 1. The van der Waals surface area contributed by atoms with Crippen molar-refractivity contribution in [3.05, 3.63) is 45.8 Å². The number of aryl methyl sites for hydroxylation is 1. The fourth-order valence-corrected chi connectivity index (χ4v) is 4.28. The van der Waals surface area contributed by atoms with Gasteiger partial charge < -0.3 is 20.1 Å². The maximum absolute atomic E-state index is 12.3. The molecule has 0 aliphatic carbocycles. The van der Waals surface area contributed by atoms with Crippen LogP contribution in [0.4, 0.5) is 9.80 Å². The monoisotopic (exact) mass is 385 g/mol. The van der Waals surface area contributed by atoms with E-state index in [-0.39, 0.29) is 18.9 Å². The summed E-state index contributed by atoms with van der Waals surface area (Å²) >= 11 is 1.28. The lowest BCUT2D eigenvalue weighted by molar-refractivity contribution is -0.116. The zero-order chi connectivity index (χ0) is 19.4. The topological polar surface area (TPSA) is 103 Å². The molecule has 2 N–H and O–H groups in total. The van der Waals surface area contributed by atoms with E-state index in [2.05, 4.69) is 11.4 Å². The maximum Gasteiger partial charge on any atom is 0.407 e. The molecule has 2 amide bonds. The Bertz CT molecular complexity index is 916. The van der Waals surface area contributed by atoms with Gasteiger partial charge >= 0.3 is 6.09 Å². The van der Waals surface area contributed by atoms with Gasteiger partial charge in [0.05, 0.1) is 19.2 Å². The lowest BCUT2D eigenvalue weighted by Gasteiger charge is -2.23. The molecule has 0 spiro atoms. The minimum atomic E-state index is -0.976. The second-order valence-electron chi connectivity index (χ2n) is 6.17. The summed E-state index contributed by atoms with van der Waals surface area (Å²) in [5.74, 6) is 0.566. The van der Waals surface area contributed by atoms with Gasteiger partial charge in [0.25, 0.3) is 0 Å². The largest absolute Gasteiger partial charge is 0.497 e. The molecule has 0 unspecified atom stereocenters. The van der Waals surface area contributed by atoms with Gasteiger partial charge in [0.2, 0.25) is 5.91 Å². The molecule has 1 aliphatic heterocycles. The van der Waals surface area contributed by atoms with Gasteiger partial charge in [-0.15, -0.1) is 11.3 Å². The summed E-state index contributed by atoms with van der Waals surface area (Å²) in [5, 5.41) is 21.9. The number of amides is 2. The Morgan fingerprint density at radius 2 is 2.26 bits per heavy atom. The molecule has 0 radical (unpaired) electrons. The van der Waals surface area contributed by atoms with E-state index in [0.717, 1.165) is 21.8 Å². The third-order valence-electron chi connectivity index (χ3n) is 4.47. The van der Waals surface area contributed by atoms with Crippen molar-refractivity contribution in [3.63, 3.8) is 0 Å². The predicted octanol–water partition coefficient (Wildman–Crippen LogP) is 3.24. The molecular formula is C19H19N3O4S. The van der Waals surface area contributed by atoms with Crippen LogP contribution in [0.5, 0.6) is 5.75 Å². The second kappa shape index (κ2) is 8.10. The number of anilines is 1. The number of hydrogen-bond donors (Lipinski definition) is 2. The van der Waals surface area contributed by atoms with Gasteiger partial charge in [-0.05, 0) is 36.1 Å². The van der Waals surface area contributed by atoms with Crippen molar-refractivity contribution in [1.29, 1.82) is 5.26 Å². The summed E-state index contributed by atoms with van der Waals surface area (Å²) in [7, 11) is 1.60. The van der Waals surface area contributed by atoms with Crippen LogP contribution >= 0.6 is 11.3 Å². The molecule has 0 fully saturated rings. The number of fused-ring (bicyclic) bond motifs is 1. The molecule has 3 rings (SSSR count). The number of rotatable bonds is 5. The second-order valence-corrected chi connectivity index (χ2v) is 7.28. The van der Waals surface area contributed by atoms with Crippen molar-refractivity contribution in [2.24, 2.45) is 0 Å². The third kappa shape index (κ3) is 4.20. The van der Waals surface area contributed by atoms with Crippen molar-refractivity contribution >= 4 is 28.3 Å². The predicted molar refractivity (Wildman–Crippen MR) is 101 cm³/mol. The van der Waals surface area contributed by atoms with Gasteiger partial charge in [0, 0.05) is 17.8 Å². The Kier molecular flexibility index (Phi) is 5.62. The highest BCUT2D eigenvalue weighted by Gasteiger charge is 2.27. The van der Waals surface area contributed by atoms with Crippen LogP contribution in [-0.4, -0.2) is 35.7 Å². The zero-order valence-electron chi connectivity index (χ0n) is 14.8. The molecule has 2 heterocycles. The lowest BCUT2D eigenvalue weighted by atomic mass is 10.0. The van der Waals surface area contributed by atoms with Crippen LogP contribution in [-0.2, 0) is 24.2 Å². The molecule has 8 heteroatoms. The smallest absolute Gasteiger partial charge is 0.407 e. The molecule has 1 aromatic carbocycles. The Balaban J connectivity index is 1.67. The van der Waals surface area contributed by atoms with E-state index >= 15 is 0 Å². The molecular weight excluding hydrogens is 366 g/mol. The van der Waals surface area contributed by atoms with Crippen molar-refractivity contribution in [2.45, 2.75) is 25.8 Å². The fourth-order valence-electron chi connectivity index (χ4n) is 3.05. The third-order valence-corrected chi connectivity index (χ3v) is 5.60. The SMILES string of the molecule is COc1cccc(CCC(=O)Nc2sc3c(c2C#N)CCN(C(=O)O)C3)c1. The van der Waals surface area contributed by atoms with E-state index in [4.69, 9.17) is 9.84 Å². The Hall–Kier alpha value is -3.05. The summed E-state index contributed by atoms with van der Waals surface area (Å²) in [4.78, 5) is 25.6. The standard InChI is InChI=1S/C19H19N3O4S/c1-26-13-4-2-3-12(9-13)5-6-17(23)21-18-15(10-20)14-7-8-22(19(24)25)11-16(14)27-18/h2-4,9H,5-8,11H2,1H3,(H,21,23)(H,24,25). The molecule has 7 nitrogen and oxygen atoms in total. The van der Waals surface area contributed by atoms with E-state index in [9.17, 15) is 14.9 Å². The molecule has 1 aromatic heterocycles. The van der Waals surface area contributed by atoms with Gasteiger partial charge in [-0.25, -0.2) is 4.79 Å². The molecule has 140 valence electrons. The number of thiophene rings is 1. The van der Waals surface area contributed by atoms with Crippen molar-refractivity contribution in [2.75, 3.05) is 19.0 Å². The van der Waals surface area contributed by atoms with E-state index < -0.39 is 6.09 Å². The average molecular weight is 385 g/mol. The molecule has 2 aromatic rings. The number of carbonyl (C=O) groups is 2. The Labute approximate surface area is 160 Å². The molecule has 0 atom stereocenters. The summed E-state index contributed by atoms with van der Waals surface area (Å²) in [6, 6.07) is 9.70. The number of nitrogens with zero attached hydrogens (tertiary/aromatic N) is 2. The summed E-state index contributed by atoms with van der Waals surface area (Å²) in [6.07, 6.45) is 0.349. The van der Waals surface area contributed by atoms with Gasteiger partial charge in [-0.2, -0.15) is 5.26 Å². The van der Waals surface area contributed by atoms with E-state index in [1.54, 1.807) is 7.11 Å². The summed E-state index contributed by atoms with van der Waals surface area (Å²) < 4.78 is 5.18. The molecule has 0 bridgehead atoms. The number of ether oxygens (including phenoxy) is 1. The highest BCUT2D eigenvalue weighted by atomic mass is 32.1. The molecule has 0 saturated heterocycles. The normalized spacial score (nSPS) is 12.8. The Morgan fingerprint density at radius 3 is 2.96 bits per heavy atom. The first-order valence-electron chi connectivity index (χ1n) is 8.47. The lowest BCUT2D eigenvalue weighted by Crippen LogP contribution is -2.34. The molecule has 27 heavy (non-hydrogen) atoms. The first-order valence-corrected chi connectivity index (χ1v) is 9.28. The number of carbonyl (C=O) groups excluding carboxylic acids is 1. The van der Waals surface area contributed by atoms with Gasteiger partial charge in [-0.1, -0.05) is 12.1 Å². The van der Waals surface area contributed by atoms with Gasteiger partial charge in [0.1, 0.15) is 16.8 Å². The van der Waals surface area contributed by atoms with Crippen LogP contribution < -0.4 is 10.1 Å². The van der Waals surface area contributed by atoms with Crippen LogP contribution in [0.3, 0.4) is 0 Å². The van der Waals surface area contributed by atoms with Gasteiger partial charge in [-0.3, -0.25) is 4.79 Å². The highest BCUT2D eigenvalue weighted by molar-refractivity contribution is 7.16. The van der Waals surface area contributed by atoms with Crippen molar-refractivity contribution in [1.82, 2.24) is 4.90 Å². The first kappa shape index (κ1) is 18.7. The Morgan fingerprint density at radius 1 is 1.44 bits per heavy atom.